The summed E-state index contributed by atoms with van der Waals surface area (Å²) in [5.41, 5.74) is 5.70. The molecule has 0 aromatic heterocycles. The molecule has 108 valence electrons. The normalized spacial score (nSPS) is 9.85. The Morgan fingerprint density at radius 2 is 2.05 bits per heavy atom. The molecule has 7 nitrogen and oxygen atoms in total. The van der Waals surface area contributed by atoms with E-state index in [1.165, 1.54) is 25.3 Å². The van der Waals surface area contributed by atoms with Gasteiger partial charge in [0.25, 0.3) is 0 Å². The van der Waals surface area contributed by atoms with Gasteiger partial charge in [0, 0.05) is 5.56 Å². The minimum absolute atomic E-state index is 0.0176. The number of carboxylic acid groups (broad SMARTS) is 1. The van der Waals surface area contributed by atoms with Crippen LogP contribution in [0.15, 0.2) is 18.2 Å². The molecule has 0 aliphatic carbocycles. The Morgan fingerprint density at radius 3 is 2.60 bits per heavy atom. The summed E-state index contributed by atoms with van der Waals surface area (Å²) in [5.74, 6) is -1.80. The predicted octanol–water partition coefficient (Wildman–Crippen LogP) is 0.550. The number of hydrogen-bond acceptors (Lipinski definition) is 5. The summed E-state index contributed by atoms with van der Waals surface area (Å²) in [7, 11) is 1.42. The molecule has 0 unspecified atom stereocenters. The first-order valence-corrected chi connectivity index (χ1v) is 6.66. The van der Waals surface area contributed by atoms with Crippen LogP contribution in [0, 0.1) is 0 Å². The molecule has 0 aliphatic rings. The average molecular weight is 298 g/mol. The van der Waals surface area contributed by atoms with Gasteiger partial charge < -0.3 is 20.9 Å². The Hall–Kier alpha value is -2.22. The molecular weight excluding hydrogens is 284 g/mol. The zero-order valence-electron chi connectivity index (χ0n) is 10.7. The lowest BCUT2D eigenvalue weighted by molar-refractivity contribution is -0.133. The summed E-state index contributed by atoms with van der Waals surface area (Å²) in [6, 6.07) is 4.40. The topological polar surface area (TPSA) is 119 Å². The van der Waals surface area contributed by atoms with Gasteiger partial charge in [-0.05, 0) is 18.2 Å². The van der Waals surface area contributed by atoms with Gasteiger partial charge in [-0.3, -0.25) is 14.4 Å². The SMILES string of the molecule is COc1ccc(C(N)=O)cc1NC(=O)CSCC(=O)O. The van der Waals surface area contributed by atoms with Crippen LogP contribution in [0.3, 0.4) is 0 Å². The van der Waals surface area contributed by atoms with Crippen molar-refractivity contribution in [2.75, 3.05) is 23.9 Å². The Bertz CT molecular complexity index is 533. The molecule has 1 aromatic rings. The van der Waals surface area contributed by atoms with E-state index in [9.17, 15) is 14.4 Å². The second-order valence-electron chi connectivity index (χ2n) is 3.71. The van der Waals surface area contributed by atoms with E-state index in [4.69, 9.17) is 15.6 Å². The van der Waals surface area contributed by atoms with Gasteiger partial charge in [0.1, 0.15) is 5.75 Å². The number of benzene rings is 1. The fourth-order valence-corrected chi connectivity index (χ4v) is 1.91. The summed E-state index contributed by atoms with van der Waals surface area (Å²) in [4.78, 5) is 33.1. The van der Waals surface area contributed by atoms with Crippen LogP contribution >= 0.6 is 11.8 Å². The summed E-state index contributed by atoms with van der Waals surface area (Å²) in [5, 5.41) is 11.0. The largest absolute Gasteiger partial charge is 0.495 e. The number of carbonyl (C=O) groups is 3. The summed E-state index contributed by atoms with van der Waals surface area (Å²) in [6.45, 7) is 0. The van der Waals surface area contributed by atoms with Crippen molar-refractivity contribution < 1.29 is 24.2 Å². The molecule has 0 bridgehead atoms. The number of primary amides is 1. The highest BCUT2D eigenvalue weighted by molar-refractivity contribution is 8.00. The molecule has 0 saturated heterocycles. The summed E-state index contributed by atoms with van der Waals surface area (Å²) < 4.78 is 5.06. The Balaban J connectivity index is 2.74. The first-order valence-electron chi connectivity index (χ1n) is 5.51. The second kappa shape index (κ2) is 7.39. The number of ether oxygens (including phenoxy) is 1. The van der Waals surface area contributed by atoms with Crippen molar-refractivity contribution >= 4 is 35.2 Å². The Labute approximate surface area is 119 Å². The fourth-order valence-electron chi connectivity index (χ4n) is 1.38. The van der Waals surface area contributed by atoms with E-state index in [2.05, 4.69) is 5.32 Å². The van der Waals surface area contributed by atoms with Crippen LogP contribution in [0.25, 0.3) is 0 Å². The maximum absolute atomic E-state index is 11.6. The van der Waals surface area contributed by atoms with E-state index in [-0.39, 0.29) is 17.1 Å². The molecule has 0 saturated carbocycles. The molecule has 4 N–H and O–H groups in total. The molecule has 20 heavy (non-hydrogen) atoms. The average Bonchev–Trinajstić information content (AvgIpc) is 2.38. The third-order valence-electron chi connectivity index (χ3n) is 2.22. The standard InChI is InChI=1S/C12H14N2O5S/c1-19-9-3-2-7(12(13)18)4-8(9)14-10(15)5-20-6-11(16)17/h2-4H,5-6H2,1H3,(H2,13,18)(H,14,15)(H,16,17). The molecule has 0 fully saturated rings. The third kappa shape index (κ3) is 4.81. The van der Waals surface area contributed by atoms with Gasteiger partial charge in [-0.15, -0.1) is 11.8 Å². The number of amides is 2. The Morgan fingerprint density at radius 1 is 1.35 bits per heavy atom. The molecule has 0 spiro atoms. The Kier molecular flexibility index (Phi) is 5.85. The van der Waals surface area contributed by atoms with Gasteiger partial charge in [0.2, 0.25) is 11.8 Å². The minimum Gasteiger partial charge on any atom is -0.495 e. The first kappa shape index (κ1) is 15.8. The molecule has 1 rings (SSSR count). The van der Waals surface area contributed by atoms with Gasteiger partial charge in [-0.2, -0.15) is 0 Å². The van der Waals surface area contributed by atoms with E-state index in [0.29, 0.717) is 11.4 Å². The highest BCUT2D eigenvalue weighted by Crippen LogP contribution is 2.25. The fraction of sp³-hybridized carbons (Fsp3) is 0.250. The van der Waals surface area contributed by atoms with Crippen molar-refractivity contribution in [3.8, 4) is 5.75 Å². The van der Waals surface area contributed by atoms with Gasteiger partial charge in [-0.1, -0.05) is 0 Å². The maximum Gasteiger partial charge on any atom is 0.313 e. The van der Waals surface area contributed by atoms with Crippen LogP contribution in [-0.4, -0.2) is 41.5 Å². The molecule has 0 radical (unpaired) electrons. The van der Waals surface area contributed by atoms with Gasteiger partial charge >= 0.3 is 5.97 Å². The number of aliphatic carboxylic acids is 1. The van der Waals surface area contributed by atoms with Crippen LogP contribution in [0.4, 0.5) is 5.69 Å². The van der Waals surface area contributed by atoms with Crippen LogP contribution in [0.1, 0.15) is 10.4 Å². The molecule has 8 heteroatoms. The number of carboxylic acids is 1. The van der Waals surface area contributed by atoms with Gasteiger partial charge in [-0.25, -0.2) is 0 Å². The van der Waals surface area contributed by atoms with Crippen molar-refractivity contribution in [3.05, 3.63) is 23.8 Å². The molecule has 0 heterocycles. The highest BCUT2D eigenvalue weighted by atomic mass is 32.2. The van der Waals surface area contributed by atoms with E-state index in [0.717, 1.165) is 11.8 Å². The van der Waals surface area contributed by atoms with Crippen molar-refractivity contribution in [2.45, 2.75) is 0 Å². The maximum atomic E-state index is 11.6. The number of nitrogens with one attached hydrogen (secondary N) is 1. The molecule has 2 amide bonds. The molecular formula is C12H14N2O5S. The number of anilines is 1. The quantitative estimate of drug-likeness (QED) is 0.676. The summed E-state index contributed by atoms with van der Waals surface area (Å²) in [6.07, 6.45) is 0. The van der Waals surface area contributed by atoms with Crippen LogP contribution in [0.5, 0.6) is 5.75 Å². The number of hydrogen-bond donors (Lipinski definition) is 3. The molecule has 0 atom stereocenters. The van der Waals surface area contributed by atoms with Crippen molar-refractivity contribution in [1.82, 2.24) is 0 Å². The van der Waals surface area contributed by atoms with Gasteiger partial charge in [0.15, 0.2) is 0 Å². The number of thioether (sulfide) groups is 1. The number of nitrogens with two attached hydrogens (primary N) is 1. The van der Waals surface area contributed by atoms with E-state index >= 15 is 0 Å². The van der Waals surface area contributed by atoms with Gasteiger partial charge in [0.05, 0.1) is 24.3 Å². The molecule has 1 aromatic carbocycles. The van der Waals surface area contributed by atoms with Crippen LogP contribution < -0.4 is 15.8 Å². The monoisotopic (exact) mass is 298 g/mol. The van der Waals surface area contributed by atoms with Crippen LogP contribution in [-0.2, 0) is 9.59 Å². The first-order chi connectivity index (χ1) is 9.43. The number of carbonyl (C=O) groups excluding carboxylic acids is 2. The zero-order valence-corrected chi connectivity index (χ0v) is 11.5. The lowest BCUT2D eigenvalue weighted by Crippen LogP contribution is -2.17. The number of methoxy groups -OCH3 is 1. The van der Waals surface area contributed by atoms with Crippen molar-refractivity contribution in [3.63, 3.8) is 0 Å². The molecule has 0 aliphatic heterocycles. The van der Waals surface area contributed by atoms with Crippen molar-refractivity contribution in [1.29, 1.82) is 0 Å². The van der Waals surface area contributed by atoms with Crippen LogP contribution in [0.2, 0.25) is 0 Å². The van der Waals surface area contributed by atoms with Crippen molar-refractivity contribution in [2.24, 2.45) is 5.73 Å². The van der Waals surface area contributed by atoms with E-state index in [1.54, 1.807) is 0 Å². The smallest absolute Gasteiger partial charge is 0.313 e. The zero-order chi connectivity index (χ0) is 15.1. The van der Waals surface area contributed by atoms with E-state index in [1.807, 2.05) is 0 Å². The van der Waals surface area contributed by atoms with E-state index < -0.39 is 17.8 Å². The lowest BCUT2D eigenvalue weighted by atomic mass is 10.1. The third-order valence-corrected chi connectivity index (χ3v) is 3.13. The minimum atomic E-state index is -0.990. The summed E-state index contributed by atoms with van der Waals surface area (Å²) >= 11 is 0.969. The lowest BCUT2D eigenvalue weighted by Gasteiger charge is -2.11. The second-order valence-corrected chi connectivity index (χ2v) is 4.70. The predicted molar refractivity (Wildman–Crippen MR) is 75.1 cm³/mol. The number of rotatable bonds is 7. The highest BCUT2D eigenvalue weighted by Gasteiger charge is 2.11.